The second-order valence-corrected chi connectivity index (χ2v) is 6.54. The third-order valence-electron chi connectivity index (χ3n) is 3.36. The topological polar surface area (TPSA) is 86.1 Å². The van der Waals surface area contributed by atoms with Crippen LogP contribution < -0.4 is 0 Å². The number of carbonyl (C=O) groups is 1. The van der Waals surface area contributed by atoms with Crippen LogP contribution in [0.15, 0.2) is 29.4 Å². The summed E-state index contributed by atoms with van der Waals surface area (Å²) < 4.78 is 0. The van der Waals surface area contributed by atoms with Crippen LogP contribution in [-0.4, -0.2) is 17.6 Å². The van der Waals surface area contributed by atoms with Crippen molar-refractivity contribution < 1.29 is 9.90 Å². The lowest BCUT2D eigenvalue weighted by molar-refractivity contribution is -0.138. The first-order valence-corrected chi connectivity index (χ1v) is 8.10. The quantitative estimate of drug-likeness (QED) is 0.413. The lowest BCUT2D eigenvalue weighted by Gasteiger charge is -2.09. The Morgan fingerprint density at radius 3 is 2.09 bits per heavy atom. The molecule has 1 rings (SSSR count). The molecule has 1 aromatic rings. The minimum atomic E-state index is -0.772. The van der Waals surface area contributed by atoms with Crippen molar-refractivity contribution in [2.45, 2.75) is 53.4 Å². The second-order valence-electron chi connectivity index (χ2n) is 6.54. The number of aliphatic carboxylic acids is 1. The SMILES string of the molecule is CC(C)CCN=[N+]=[N-].CC(C)Cc1ccc([C@H](C)C(=O)O)cc1. The van der Waals surface area contributed by atoms with Crippen LogP contribution in [-0.2, 0) is 11.2 Å². The Hall–Kier alpha value is -2.00. The Balaban J connectivity index is 0.000000515. The molecule has 0 aliphatic heterocycles. The Kier molecular flexibility index (Phi) is 10.5. The van der Waals surface area contributed by atoms with Crippen LogP contribution in [0, 0.1) is 11.8 Å². The van der Waals surface area contributed by atoms with Gasteiger partial charge in [-0.15, -0.1) is 0 Å². The van der Waals surface area contributed by atoms with Crippen LogP contribution in [0.2, 0.25) is 0 Å². The van der Waals surface area contributed by atoms with Gasteiger partial charge in [-0.25, -0.2) is 0 Å². The van der Waals surface area contributed by atoms with E-state index in [2.05, 4.69) is 37.7 Å². The third-order valence-corrected chi connectivity index (χ3v) is 3.36. The van der Waals surface area contributed by atoms with Gasteiger partial charge in [-0.3, -0.25) is 4.79 Å². The van der Waals surface area contributed by atoms with Crippen molar-refractivity contribution in [3.8, 4) is 0 Å². The number of hydrogen-bond donors (Lipinski definition) is 1. The van der Waals surface area contributed by atoms with Crippen LogP contribution in [0.3, 0.4) is 0 Å². The molecule has 0 radical (unpaired) electrons. The van der Waals surface area contributed by atoms with E-state index in [4.69, 9.17) is 10.6 Å². The van der Waals surface area contributed by atoms with Gasteiger partial charge >= 0.3 is 5.97 Å². The number of benzene rings is 1. The number of azide groups is 1. The monoisotopic (exact) mass is 319 g/mol. The van der Waals surface area contributed by atoms with E-state index in [-0.39, 0.29) is 0 Å². The molecule has 1 N–H and O–H groups in total. The predicted octanol–water partition coefficient (Wildman–Crippen LogP) is 5.42. The Bertz CT molecular complexity index is 504. The molecule has 0 aromatic heterocycles. The zero-order valence-electron chi connectivity index (χ0n) is 14.9. The molecule has 0 fully saturated rings. The molecule has 0 unspecified atom stereocenters. The molecule has 0 bridgehead atoms. The summed E-state index contributed by atoms with van der Waals surface area (Å²) in [5, 5.41) is 12.2. The van der Waals surface area contributed by atoms with E-state index >= 15 is 0 Å². The van der Waals surface area contributed by atoms with E-state index in [9.17, 15) is 4.79 Å². The molecule has 128 valence electrons. The zero-order valence-corrected chi connectivity index (χ0v) is 14.9. The Labute approximate surface area is 139 Å². The van der Waals surface area contributed by atoms with Gasteiger partial charge in [0.1, 0.15) is 0 Å². The Morgan fingerprint density at radius 2 is 1.70 bits per heavy atom. The van der Waals surface area contributed by atoms with E-state index in [0.29, 0.717) is 18.4 Å². The fourth-order valence-corrected chi connectivity index (χ4v) is 1.92. The lowest BCUT2D eigenvalue weighted by Crippen LogP contribution is -2.07. The molecule has 5 nitrogen and oxygen atoms in total. The largest absolute Gasteiger partial charge is 0.481 e. The highest BCUT2D eigenvalue weighted by Crippen LogP contribution is 2.17. The van der Waals surface area contributed by atoms with Gasteiger partial charge in [0.2, 0.25) is 0 Å². The van der Waals surface area contributed by atoms with Crippen molar-refractivity contribution in [1.29, 1.82) is 0 Å². The molecule has 1 aromatic carbocycles. The van der Waals surface area contributed by atoms with E-state index < -0.39 is 11.9 Å². The van der Waals surface area contributed by atoms with Crippen molar-refractivity contribution in [2.24, 2.45) is 17.0 Å². The summed E-state index contributed by atoms with van der Waals surface area (Å²) in [4.78, 5) is 13.4. The van der Waals surface area contributed by atoms with Gasteiger partial charge < -0.3 is 5.11 Å². The first kappa shape index (κ1) is 21.0. The van der Waals surface area contributed by atoms with Gasteiger partial charge in [0.15, 0.2) is 0 Å². The van der Waals surface area contributed by atoms with Gasteiger partial charge in [-0.05, 0) is 48.3 Å². The molecule has 1 atom stereocenters. The van der Waals surface area contributed by atoms with Crippen molar-refractivity contribution in [2.75, 3.05) is 6.54 Å². The zero-order chi connectivity index (χ0) is 17.8. The van der Waals surface area contributed by atoms with Crippen LogP contribution in [0.4, 0.5) is 0 Å². The summed E-state index contributed by atoms with van der Waals surface area (Å²) in [6.45, 7) is 10.9. The summed E-state index contributed by atoms with van der Waals surface area (Å²) in [5.74, 6) is 0.0814. The molecule has 23 heavy (non-hydrogen) atoms. The van der Waals surface area contributed by atoms with Crippen LogP contribution >= 0.6 is 0 Å². The number of rotatable bonds is 7. The summed E-state index contributed by atoms with van der Waals surface area (Å²) in [6, 6.07) is 7.87. The van der Waals surface area contributed by atoms with Crippen molar-refractivity contribution in [3.05, 3.63) is 45.8 Å². The average molecular weight is 319 g/mol. The van der Waals surface area contributed by atoms with Crippen molar-refractivity contribution >= 4 is 5.97 Å². The summed E-state index contributed by atoms with van der Waals surface area (Å²) in [6.07, 6.45) is 2.03. The fourth-order valence-electron chi connectivity index (χ4n) is 1.92. The van der Waals surface area contributed by atoms with Crippen LogP contribution in [0.1, 0.15) is 58.1 Å². The van der Waals surface area contributed by atoms with Gasteiger partial charge in [-0.1, -0.05) is 57.1 Å². The van der Waals surface area contributed by atoms with Gasteiger partial charge in [-0.2, -0.15) is 0 Å². The molecule has 0 spiro atoms. The normalized spacial score (nSPS) is 11.4. The highest BCUT2D eigenvalue weighted by molar-refractivity contribution is 5.75. The first-order valence-electron chi connectivity index (χ1n) is 8.10. The van der Waals surface area contributed by atoms with Crippen molar-refractivity contribution in [1.82, 2.24) is 0 Å². The molecule has 0 aliphatic carbocycles. The maximum absolute atomic E-state index is 10.8. The number of hydrogen-bond acceptors (Lipinski definition) is 2. The first-order chi connectivity index (χ1) is 10.8. The molecule has 0 saturated heterocycles. The predicted molar refractivity (Wildman–Crippen MR) is 94.5 cm³/mol. The summed E-state index contributed by atoms with van der Waals surface area (Å²) in [5.41, 5.74) is 9.98. The molecular weight excluding hydrogens is 290 g/mol. The van der Waals surface area contributed by atoms with E-state index in [0.717, 1.165) is 18.4 Å². The Morgan fingerprint density at radius 1 is 1.13 bits per heavy atom. The summed E-state index contributed by atoms with van der Waals surface area (Å²) >= 11 is 0. The highest BCUT2D eigenvalue weighted by atomic mass is 16.4. The third kappa shape index (κ3) is 10.4. The standard InChI is InChI=1S/C13H18O2.C5H11N3/c1-9(2)8-11-4-6-12(7-5-11)10(3)13(14)15;1-5(2)3-4-7-8-6/h4-7,9-10H,8H2,1-3H3,(H,14,15);5H,3-4H2,1-2H3/t10-;/m0./s1. The number of carboxylic acids is 1. The minimum absolute atomic E-state index is 0.418. The van der Waals surface area contributed by atoms with Crippen LogP contribution in [0.5, 0.6) is 0 Å². The second kappa shape index (κ2) is 11.6. The van der Waals surface area contributed by atoms with E-state index in [1.807, 2.05) is 24.3 Å². The molecular formula is C18H29N3O2. The van der Waals surface area contributed by atoms with Gasteiger partial charge in [0, 0.05) is 11.5 Å². The maximum atomic E-state index is 10.8. The highest BCUT2D eigenvalue weighted by Gasteiger charge is 2.12. The number of nitrogens with zero attached hydrogens (tertiary/aromatic N) is 3. The molecule has 5 heteroatoms. The number of carboxylic acid groups (broad SMARTS) is 1. The van der Waals surface area contributed by atoms with Crippen molar-refractivity contribution in [3.63, 3.8) is 0 Å². The smallest absolute Gasteiger partial charge is 0.310 e. The minimum Gasteiger partial charge on any atom is -0.481 e. The van der Waals surface area contributed by atoms with Gasteiger partial charge in [0.05, 0.1) is 5.92 Å². The maximum Gasteiger partial charge on any atom is 0.310 e. The van der Waals surface area contributed by atoms with E-state index in [1.165, 1.54) is 5.56 Å². The van der Waals surface area contributed by atoms with E-state index in [1.54, 1.807) is 6.92 Å². The molecule has 0 aliphatic rings. The van der Waals surface area contributed by atoms with Gasteiger partial charge in [0.25, 0.3) is 0 Å². The molecule has 0 saturated carbocycles. The molecule has 0 heterocycles. The average Bonchev–Trinajstić information content (AvgIpc) is 2.47. The fraction of sp³-hybridized carbons (Fsp3) is 0.611. The lowest BCUT2D eigenvalue weighted by atomic mass is 9.97. The van der Waals surface area contributed by atoms with Crippen LogP contribution in [0.25, 0.3) is 10.4 Å². The summed E-state index contributed by atoms with van der Waals surface area (Å²) in [7, 11) is 0. The molecule has 0 amide bonds.